The smallest absolute Gasteiger partial charge is 0.325 e. The quantitative estimate of drug-likeness (QED) is 0.675. The van der Waals surface area contributed by atoms with Crippen LogP contribution in [0.15, 0.2) is 18.2 Å². The molecule has 0 saturated heterocycles. The fraction of sp³-hybridized carbons (Fsp3) is 0.467. The highest BCUT2D eigenvalue weighted by Gasteiger charge is 2.47. The maximum atomic E-state index is 12.8. The Morgan fingerprint density at radius 3 is 2.62 bits per heavy atom. The summed E-state index contributed by atoms with van der Waals surface area (Å²) in [6.45, 7) is 3.59. The predicted octanol–water partition coefficient (Wildman–Crippen LogP) is 1.73. The molecule has 0 radical (unpaired) electrons. The average molecular weight is 292 g/mol. The van der Waals surface area contributed by atoms with Gasteiger partial charge in [0.15, 0.2) is 5.60 Å². The van der Waals surface area contributed by atoms with E-state index in [0.717, 1.165) is 0 Å². The summed E-state index contributed by atoms with van der Waals surface area (Å²) in [5.74, 6) is -0.244. The van der Waals surface area contributed by atoms with Gasteiger partial charge in [0, 0.05) is 0 Å². The summed E-state index contributed by atoms with van der Waals surface area (Å²) < 4.78 is 10.6. The Hall–Kier alpha value is -2.24. The third-order valence-electron chi connectivity index (χ3n) is 3.90. The number of esters is 1. The van der Waals surface area contributed by atoms with Crippen LogP contribution in [0.4, 0.5) is 11.4 Å². The second-order valence-corrected chi connectivity index (χ2v) is 4.96. The van der Waals surface area contributed by atoms with Crippen LogP contribution in [-0.4, -0.2) is 31.1 Å². The molecule has 6 heteroatoms. The summed E-state index contributed by atoms with van der Waals surface area (Å²) in [5.41, 5.74) is 5.82. The minimum Gasteiger partial charge on any atom is -0.475 e. The van der Waals surface area contributed by atoms with E-state index in [1.807, 2.05) is 13.8 Å². The molecular formula is C15H20N2O4. The van der Waals surface area contributed by atoms with Crippen LogP contribution in [-0.2, 0) is 14.3 Å². The molecule has 0 spiro atoms. The van der Waals surface area contributed by atoms with Gasteiger partial charge in [0.25, 0.3) is 5.91 Å². The number of rotatable bonds is 4. The lowest BCUT2D eigenvalue weighted by Crippen LogP contribution is -2.57. The highest BCUT2D eigenvalue weighted by atomic mass is 16.5. The van der Waals surface area contributed by atoms with Crippen LogP contribution in [0.2, 0.25) is 0 Å². The molecule has 1 amide bonds. The van der Waals surface area contributed by atoms with Crippen molar-refractivity contribution in [3.8, 4) is 5.75 Å². The van der Waals surface area contributed by atoms with Gasteiger partial charge in [0.1, 0.15) is 18.0 Å². The van der Waals surface area contributed by atoms with Crippen molar-refractivity contribution < 1.29 is 19.1 Å². The minimum atomic E-state index is -0.963. The molecule has 1 aliphatic rings. The van der Waals surface area contributed by atoms with E-state index in [-0.39, 0.29) is 12.5 Å². The second kappa shape index (κ2) is 5.63. The van der Waals surface area contributed by atoms with Crippen molar-refractivity contribution in [2.24, 2.45) is 0 Å². The fourth-order valence-corrected chi connectivity index (χ4v) is 2.55. The third-order valence-corrected chi connectivity index (χ3v) is 3.90. The highest BCUT2D eigenvalue weighted by Crippen LogP contribution is 2.43. The first-order valence-corrected chi connectivity index (χ1v) is 6.95. The summed E-state index contributed by atoms with van der Waals surface area (Å²) >= 11 is 0. The molecule has 0 aromatic heterocycles. The first-order chi connectivity index (χ1) is 9.99. The molecule has 2 N–H and O–H groups in total. The number of nitrogens with zero attached hydrogens (tertiary/aromatic N) is 1. The molecule has 0 fully saturated rings. The first kappa shape index (κ1) is 15.2. The predicted molar refractivity (Wildman–Crippen MR) is 79.2 cm³/mol. The SMILES string of the molecule is CCC1(CC)Oc2cccc(N)c2N(CC(=O)OC)C1=O. The number of ether oxygens (including phenoxy) is 2. The Morgan fingerprint density at radius 2 is 2.05 bits per heavy atom. The van der Waals surface area contributed by atoms with Crippen molar-refractivity contribution in [2.75, 3.05) is 24.3 Å². The van der Waals surface area contributed by atoms with Crippen molar-refractivity contribution >= 4 is 23.3 Å². The standard InChI is InChI=1S/C15H20N2O4/c1-4-15(5-2)14(19)17(9-12(18)20-3)13-10(16)7-6-8-11(13)21-15/h6-8H,4-5,9,16H2,1-3H3. The number of para-hydroxylation sites is 1. The zero-order valence-electron chi connectivity index (χ0n) is 12.5. The number of carbonyl (C=O) groups excluding carboxylic acids is 2. The molecule has 2 rings (SSSR count). The summed E-state index contributed by atoms with van der Waals surface area (Å²) in [7, 11) is 1.29. The van der Waals surface area contributed by atoms with Crippen LogP contribution in [0, 0.1) is 0 Å². The van der Waals surface area contributed by atoms with Crippen LogP contribution in [0.3, 0.4) is 0 Å². The van der Waals surface area contributed by atoms with Gasteiger partial charge in [-0.25, -0.2) is 0 Å². The molecule has 0 aliphatic carbocycles. The minimum absolute atomic E-state index is 0.179. The molecule has 6 nitrogen and oxygen atoms in total. The molecule has 114 valence electrons. The van der Waals surface area contributed by atoms with E-state index in [1.165, 1.54) is 12.0 Å². The Balaban J connectivity index is 2.55. The van der Waals surface area contributed by atoms with E-state index in [0.29, 0.717) is 30.0 Å². The lowest BCUT2D eigenvalue weighted by Gasteiger charge is -2.41. The van der Waals surface area contributed by atoms with E-state index in [9.17, 15) is 9.59 Å². The fourth-order valence-electron chi connectivity index (χ4n) is 2.55. The Bertz CT molecular complexity index is 567. The Morgan fingerprint density at radius 1 is 1.38 bits per heavy atom. The zero-order chi connectivity index (χ0) is 15.6. The van der Waals surface area contributed by atoms with E-state index >= 15 is 0 Å². The van der Waals surface area contributed by atoms with Gasteiger partial charge < -0.3 is 15.2 Å². The number of amides is 1. The Labute approximate surface area is 123 Å². The van der Waals surface area contributed by atoms with E-state index in [2.05, 4.69) is 4.74 Å². The number of fused-ring (bicyclic) bond motifs is 1. The molecule has 1 aromatic carbocycles. The highest BCUT2D eigenvalue weighted by molar-refractivity contribution is 6.07. The number of hydrogen-bond donors (Lipinski definition) is 1. The summed E-state index contributed by atoms with van der Waals surface area (Å²) in [4.78, 5) is 25.8. The summed E-state index contributed by atoms with van der Waals surface area (Å²) in [5, 5.41) is 0. The van der Waals surface area contributed by atoms with E-state index in [4.69, 9.17) is 10.5 Å². The number of nitrogen functional groups attached to an aromatic ring is 1. The topological polar surface area (TPSA) is 81.9 Å². The lowest BCUT2D eigenvalue weighted by atomic mass is 9.92. The normalized spacial score (nSPS) is 16.1. The van der Waals surface area contributed by atoms with Crippen molar-refractivity contribution in [3.05, 3.63) is 18.2 Å². The van der Waals surface area contributed by atoms with Gasteiger partial charge in [-0.3, -0.25) is 14.5 Å². The number of hydrogen-bond acceptors (Lipinski definition) is 5. The Kier molecular flexibility index (Phi) is 4.06. The average Bonchev–Trinajstić information content (AvgIpc) is 2.49. The van der Waals surface area contributed by atoms with Crippen LogP contribution in [0.5, 0.6) is 5.75 Å². The van der Waals surface area contributed by atoms with Crippen molar-refractivity contribution in [1.82, 2.24) is 0 Å². The van der Waals surface area contributed by atoms with Gasteiger partial charge >= 0.3 is 5.97 Å². The largest absolute Gasteiger partial charge is 0.475 e. The number of nitrogens with two attached hydrogens (primary N) is 1. The van der Waals surface area contributed by atoms with Gasteiger partial charge in [-0.15, -0.1) is 0 Å². The van der Waals surface area contributed by atoms with Crippen molar-refractivity contribution in [2.45, 2.75) is 32.3 Å². The molecule has 0 atom stereocenters. The lowest BCUT2D eigenvalue weighted by molar-refractivity contribution is -0.143. The van der Waals surface area contributed by atoms with Gasteiger partial charge in [-0.2, -0.15) is 0 Å². The van der Waals surface area contributed by atoms with Crippen LogP contribution < -0.4 is 15.4 Å². The van der Waals surface area contributed by atoms with Crippen molar-refractivity contribution in [3.63, 3.8) is 0 Å². The zero-order valence-corrected chi connectivity index (χ0v) is 12.5. The molecule has 0 saturated carbocycles. The van der Waals surface area contributed by atoms with Gasteiger partial charge in [-0.05, 0) is 25.0 Å². The monoisotopic (exact) mass is 292 g/mol. The van der Waals surface area contributed by atoms with E-state index < -0.39 is 11.6 Å². The second-order valence-electron chi connectivity index (χ2n) is 4.96. The molecule has 1 heterocycles. The molecule has 1 aromatic rings. The first-order valence-electron chi connectivity index (χ1n) is 6.95. The summed E-state index contributed by atoms with van der Waals surface area (Å²) in [6, 6.07) is 5.18. The van der Waals surface area contributed by atoms with Crippen LogP contribution >= 0.6 is 0 Å². The van der Waals surface area contributed by atoms with Gasteiger partial charge in [0.2, 0.25) is 0 Å². The van der Waals surface area contributed by atoms with Gasteiger partial charge in [0.05, 0.1) is 12.8 Å². The van der Waals surface area contributed by atoms with E-state index in [1.54, 1.807) is 18.2 Å². The maximum Gasteiger partial charge on any atom is 0.325 e. The number of benzene rings is 1. The molecule has 0 bridgehead atoms. The van der Waals surface area contributed by atoms with Crippen molar-refractivity contribution in [1.29, 1.82) is 0 Å². The van der Waals surface area contributed by atoms with Crippen LogP contribution in [0.25, 0.3) is 0 Å². The number of anilines is 2. The molecule has 21 heavy (non-hydrogen) atoms. The number of methoxy groups -OCH3 is 1. The van der Waals surface area contributed by atoms with Crippen LogP contribution in [0.1, 0.15) is 26.7 Å². The van der Waals surface area contributed by atoms with Gasteiger partial charge in [-0.1, -0.05) is 19.9 Å². The summed E-state index contributed by atoms with van der Waals surface area (Å²) in [6.07, 6.45) is 1.02. The maximum absolute atomic E-state index is 12.8. The molecule has 0 unspecified atom stereocenters. The molecule has 1 aliphatic heterocycles. The molecular weight excluding hydrogens is 272 g/mol. The third kappa shape index (κ3) is 2.41. The number of carbonyl (C=O) groups is 2.